The maximum Gasteiger partial charge on any atom is 0.322 e. The van der Waals surface area contributed by atoms with E-state index in [0.29, 0.717) is 24.2 Å². The van der Waals surface area contributed by atoms with Gasteiger partial charge in [0.15, 0.2) is 0 Å². The van der Waals surface area contributed by atoms with Gasteiger partial charge >= 0.3 is 12.0 Å². The Morgan fingerprint density at radius 1 is 1.33 bits per heavy atom. The third-order valence-corrected chi connectivity index (χ3v) is 3.56. The molecule has 2 amide bonds. The summed E-state index contributed by atoms with van der Waals surface area (Å²) in [7, 11) is 0. The fraction of sp³-hybridized carbons (Fsp3) is 0.400. The summed E-state index contributed by atoms with van der Waals surface area (Å²) in [6.07, 6.45) is 2.52. The van der Waals surface area contributed by atoms with Gasteiger partial charge in [-0.1, -0.05) is 0 Å². The number of carboxylic acid groups (broad SMARTS) is 1. The molecular formula is C15H17N3O3. The number of nitrogens with zero attached hydrogens (tertiary/aromatic N) is 2. The highest BCUT2D eigenvalue weighted by molar-refractivity contribution is 5.90. The summed E-state index contributed by atoms with van der Waals surface area (Å²) >= 11 is 0. The first kappa shape index (κ1) is 14.9. The molecule has 6 nitrogen and oxygen atoms in total. The number of anilines is 1. The molecule has 0 aliphatic carbocycles. The average Bonchev–Trinajstić information content (AvgIpc) is 2.48. The molecule has 2 rings (SSSR count). The highest BCUT2D eigenvalue weighted by Crippen LogP contribution is 2.21. The van der Waals surface area contributed by atoms with E-state index in [4.69, 9.17) is 10.4 Å². The van der Waals surface area contributed by atoms with Crippen molar-refractivity contribution in [1.29, 1.82) is 5.26 Å². The SMILES string of the molecule is N#Cc1ccc(NC(=O)N2CCCCC2CC(=O)O)cc1. The summed E-state index contributed by atoms with van der Waals surface area (Å²) in [6.45, 7) is 0.570. The zero-order valence-electron chi connectivity index (χ0n) is 11.6. The van der Waals surface area contributed by atoms with Crippen molar-refractivity contribution in [3.05, 3.63) is 29.8 Å². The number of aliphatic carboxylic acids is 1. The lowest BCUT2D eigenvalue weighted by molar-refractivity contribution is -0.138. The second-order valence-electron chi connectivity index (χ2n) is 5.06. The predicted octanol–water partition coefficient (Wildman–Crippen LogP) is 2.42. The number of piperidine rings is 1. The van der Waals surface area contributed by atoms with Crippen molar-refractivity contribution in [2.45, 2.75) is 31.7 Å². The first-order chi connectivity index (χ1) is 10.1. The quantitative estimate of drug-likeness (QED) is 0.892. The lowest BCUT2D eigenvalue weighted by Gasteiger charge is -2.34. The number of rotatable bonds is 3. The van der Waals surface area contributed by atoms with Crippen molar-refractivity contribution in [3.63, 3.8) is 0 Å². The molecule has 1 aliphatic heterocycles. The van der Waals surface area contributed by atoms with Crippen LogP contribution in [0, 0.1) is 11.3 Å². The van der Waals surface area contributed by atoms with Crippen LogP contribution in [-0.2, 0) is 4.79 Å². The van der Waals surface area contributed by atoms with Crippen molar-refractivity contribution in [2.75, 3.05) is 11.9 Å². The molecule has 0 spiro atoms. The predicted molar refractivity (Wildman–Crippen MR) is 76.8 cm³/mol. The largest absolute Gasteiger partial charge is 0.481 e. The van der Waals surface area contributed by atoms with E-state index in [9.17, 15) is 9.59 Å². The molecule has 1 unspecified atom stereocenters. The Labute approximate surface area is 123 Å². The molecule has 1 aromatic carbocycles. The maximum atomic E-state index is 12.3. The van der Waals surface area contributed by atoms with Crippen LogP contribution >= 0.6 is 0 Å². The van der Waals surface area contributed by atoms with E-state index in [2.05, 4.69) is 5.32 Å². The average molecular weight is 287 g/mol. The minimum absolute atomic E-state index is 0.0270. The molecule has 1 aliphatic rings. The molecule has 1 saturated heterocycles. The van der Waals surface area contributed by atoms with Crippen LogP contribution in [-0.4, -0.2) is 34.6 Å². The fourth-order valence-corrected chi connectivity index (χ4v) is 2.51. The molecule has 0 radical (unpaired) electrons. The summed E-state index contributed by atoms with van der Waals surface area (Å²) in [4.78, 5) is 24.7. The molecular weight excluding hydrogens is 270 g/mol. The van der Waals surface area contributed by atoms with Crippen LogP contribution in [0.3, 0.4) is 0 Å². The van der Waals surface area contributed by atoms with E-state index >= 15 is 0 Å². The summed E-state index contributed by atoms with van der Waals surface area (Å²) in [5, 5.41) is 20.4. The van der Waals surface area contributed by atoms with Gasteiger partial charge in [0.05, 0.1) is 18.1 Å². The first-order valence-electron chi connectivity index (χ1n) is 6.89. The third-order valence-electron chi connectivity index (χ3n) is 3.56. The molecule has 1 aromatic rings. The molecule has 21 heavy (non-hydrogen) atoms. The van der Waals surface area contributed by atoms with Crippen molar-refractivity contribution in [1.82, 2.24) is 4.90 Å². The van der Waals surface area contributed by atoms with E-state index in [-0.39, 0.29) is 18.5 Å². The molecule has 6 heteroatoms. The van der Waals surface area contributed by atoms with Crippen LogP contribution in [0.1, 0.15) is 31.2 Å². The van der Waals surface area contributed by atoms with Crippen molar-refractivity contribution >= 4 is 17.7 Å². The number of nitriles is 1. The second kappa shape index (κ2) is 6.75. The Hall–Kier alpha value is -2.55. The Bertz CT molecular complexity index is 563. The number of carboxylic acids is 1. The monoisotopic (exact) mass is 287 g/mol. The molecule has 1 fully saturated rings. The van der Waals surface area contributed by atoms with Crippen LogP contribution < -0.4 is 5.32 Å². The molecule has 0 aromatic heterocycles. The van der Waals surface area contributed by atoms with Gasteiger partial charge in [0, 0.05) is 18.3 Å². The number of benzene rings is 1. The van der Waals surface area contributed by atoms with Gasteiger partial charge in [0.2, 0.25) is 0 Å². The summed E-state index contributed by atoms with van der Waals surface area (Å²) in [5.74, 6) is -0.891. The lowest BCUT2D eigenvalue weighted by Crippen LogP contribution is -2.46. The normalized spacial score (nSPS) is 17.9. The zero-order chi connectivity index (χ0) is 15.2. The van der Waals surface area contributed by atoms with Crippen LogP contribution in [0.25, 0.3) is 0 Å². The Balaban J connectivity index is 2.02. The summed E-state index contributed by atoms with van der Waals surface area (Å²) in [5.41, 5.74) is 1.12. The number of carbonyl (C=O) groups is 2. The number of nitrogens with one attached hydrogen (secondary N) is 1. The van der Waals surface area contributed by atoms with E-state index < -0.39 is 5.97 Å². The number of amides is 2. The van der Waals surface area contributed by atoms with Gasteiger partial charge in [-0.2, -0.15) is 5.26 Å². The van der Waals surface area contributed by atoms with Crippen LogP contribution in [0.15, 0.2) is 24.3 Å². The molecule has 2 N–H and O–H groups in total. The Morgan fingerprint density at radius 3 is 2.67 bits per heavy atom. The van der Waals surface area contributed by atoms with Crippen LogP contribution in [0.4, 0.5) is 10.5 Å². The molecule has 0 saturated carbocycles. The zero-order valence-corrected chi connectivity index (χ0v) is 11.6. The minimum atomic E-state index is -0.891. The standard InChI is InChI=1S/C15H17N3O3/c16-10-11-4-6-12(7-5-11)17-15(21)18-8-2-1-3-13(18)9-14(19)20/h4-7,13H,1-3,8-9H2,(H,17,21)(H,19,20). The van der Waals surface area contributed by atoms with Gasteiger partial charge in [0.25, 0.3) is 0 Å². The number of hydrogen-bond donors (Lipinski definition) is 2. The maximum absolute atomic E-state index is 12.3. The first-order valence-corrected chi connectivity index (χ1v) is 6.89. The highest BCUT2D eigenvalue weighted by atomic mass is 16.4. The number of carbonyl (C=O) groups excluding carboxylic acids is 1. The van der Waals surface area contributed by atoms with Gasteiger partial charge in [-0.05, 0) is 43.5 Å². The molecule has 1 heterocycles. The second-order valence-corrected chi connectivity index (χ2v) is 5.06. The smallest absolute Gasteiger partial charge is 0.322 e. The third kappa shape index (κ3) is 3.96. The molecule has 110 valence electrons. The Kier molecular flexibility index (Phi) is 4.77. The van der Waals surface area contributed by atoms with Crippen molar-refractivity contribution in [2.24, 2.45) is 0 Å². The lowest BCUT2D eigenvalue weighted by atomic mass is 10.00. The fourth-order valence-electron chi connectivity index (χ4n) is 2.51. The highest BCUT2D eigenvalue weighted by Gasteiger charge is 2.28. The van der Waals surface area contributed by atoms with Gasteiger partial charge in [-0.25, -0.2) is 4.79 Å². The van der Waals surface area contributed by atoms with Gasteiger partial charge in [0.1, 0.15) is 0 Å². The van der Waals surface area contributed by atoms with Crippen molar-refractivity contribution < 1.29 is 14.7 Å². The van der Waals surface area contributed by atoms with E-state index in [1.165, 1.54) is 0 Å². The molecule has 0 bridgehead atoms. The summed E-state index contributed by atoms with van der Waals surface area (Å²) in [6, 6.07) is 8.04. The molecule has 1 atom stereocenters. The number of urea groups is 1. The van der Waals surface area contributed by atoms with Gasteiger partial charge in [-0.15, -0.1) is 0 Å². The van der Waals surface area contributed by atoms with Crippen LogP contribution in [0.2, 0.25) is 0 Å². The van der Waals surface area contributed by atoms with E-state index in [1.807, 2.05) is 6.07 Å². The van der Waals surface area contributed by atoms with E-state index in [1.54, 1.807) is 29.2 Å². The van der Waals surface area contributed by atoms with Gasteiger partial charge in [-0.3, -0.25) is 4.79 Å². The van der Waals surface area contributed by atoms with Crippen LogP contribution in [0.5, 0.6) is 0 Å². The van der Waals surface area contributed by atoms with Crippen molar-refractivity contribution in [3.8, 4) is 6.07 Å². The Morgan fingerprint density at radius 2 is 2.05 bits per heavy atom. The van der Waals surface area contributed by atoms with Gasteiger partial charge < -0.3 is 15.3 Å². The van der Waals surface area contributed by atoms with E-state index in [0.717, 1.165) is 12.8 Å². The summed E-state index contributed by atoms with van der Waals surface area (Å²) < 4.78 is 0. The number of likely N-dealkylation sites (tertiary alicyclic amines) is 1. The topological polar surface area (TPSA) is 93.4 Å². The number of hydrogen-bond acceptors (Lipinski definition) is 3. The minimum Gasteiger partial charge on any atom is -0.481 e.